The third kappa shape index (κ3) is 1.60. The molecule has 0 atom stereocenters. The van der Waals surface area contributed by atoms with Gasteiger partial charge in [-0.2, -0.15) is 4.99 Å². The van der Waals surface area contributed by atoms with Crippen molar-refractivity contribution in [3.05, 3.63) is 17.4 Å². The van der Waals surface area contributed by atoms with Gasteiger partial charge in [0.15, 0.2) is 23.1 Å². The van der Waals surface area contributed by atoms with Gasteiger partial charge in [0.2, 0.25) is 12.9 Å². The first-order valence-electron chi connectivity index (χ1n) is 5.97. The number of methoxy groups -OCH3 is 1. The fraction of sp³-hybridized carbons (Fsp3) is 0.462. The average molecular weight is 265 g/mol. The Hall–Kier alpha value is -2.07. The number of carbonyl (C=O) groups excluding carboxylic acids is 1. The number of nitrogens with zero attached hydrogens (tertiary/aromatic N) is 1. The quantitative estimate of drug-likeness (QED) is 0.621. The molecule has 1 aromatic carbocycles. The Morgan fingerprint density at radius 1 is 1.47 bits per heavy atom. The molecule has 19 heavy (non-hydrogen) atoms. The van der Waals surface area contributed by atoms with E-state index in [1.165, 1.54) is 19.3 Å². The Morgan fingerprint density at radius 2 is 2.26 bits per heavy atom. The lowest BCUT2D eigenvalue weighted by atomic mass is 9.71. The molecule has 0 amide bonds. The fourth-order valence-corrected chi connectivity index (χ4v) is 2.58. The highest BCUT2D eigenvalue weighted by molar-refractivity contribution is 5.58. The number of fused-ring (bicyclic) bond motifs is 1. The van der Waals surface area contributed by atoms with Crippen molar-refractivity contribution >= 4 is 6.08 Å². The minimum Gasteiger partial charge on any atom is -0.494 e. The van der Waals surface area contributed by atoms with E-state index >= 15 is 0 Å². The van der Waals surface area contributed by atoms with Crippen molar-refractivity contribution in [2.75, 3.05) is 13.9 Å². The molecule has 0 bridgehead atoms. The van der Waals surface area contributed by atoms with Crippen LogP contribution in [-0.4, -0.2) is 20.0 Å². The van der Waals surface area contributed by atoms with Gasteiger partial charge < -0.3 is 14.2 Å². The van der Waals surface area contributed by atoms with Crippen molar-refractivity contribution in [2.45, 2.75) is 24.8 Å². The zero-order valence-electron chi connectivity index (χ0n) is 10.4. The van der Waals surface area contributed by atoms with Crippen LogP contribution in [0, 0.1) is 5.82 Å². The minimum absolute atomic E-state index is 0.0236. The van der Waals surface area contributed by atoms with Gasteiger partial charge in [-0.15, -0.1) is 0 Å². The summed E-state index contributed by atoms with van der Waals surface area (Å²) in [6.45, 7) is 0.0236. The van der Waals surface area contributed by atoms with Crippen molar-refractivity contribution in [3.8, 4) is 17.2 Å². The predicted octanol–water partition coefficient (Wildman–Crippen LogP) is 2.28. The topological polar surface area (TPSA) is 57.1 Å². The molecule has 1 heterocycles. The fourth-order valence-electron chi connectivity index (χ4n) is 2.58. The van der Waals surface area contributed by atoms with E-state index in [0.29, 0.717) is 24.3 Å². The zero-order valence-corrected chi connectivity index (χ0v) is 10.4. The average Bonchev–Trinajstić information content (AvgIpc) is 2.81. The summed E-state index contributed by atoms with van der Waals surface area (Å²) in [6.07, 6.45) is 3.58. The van der Waals surface area contributed by atoms with E-state index in [4.69, 9.17) is 14.2 Å². The number of benzene rings is 1. The summed E-state index contributed by atoms with van der Waals surface area (Å²) in [4.78, 5) is 14.4. The molecule has 2 aliphatic rings. The van der Waals surface area contributed by atoms with E-state index in [9.17, 15) is 9.18 Å². The van der Waals surface area contributed by atoms with Crippen molar-refractivity contribution in [1.29, 1.82) is 0 Å². The molecule has 0 spiro atoms. The van der Waals surface area contributed by atoms with Crippen LogP contribution < -0.4 is 14.2 Å². The Morgan fingerprint density at radius 3 is 2.84 bits per heavy atom. The summed E-state index contributed by atoms with van der Waals surface area (Å²) < 4.78 is 30.1. The second kappa shape index (κ2) is 4.24. The van der Waals surface area contributed by atoms with Crippen LogP contribution in [0.5, 0.6) is 17.2 Å². The molecule has 0 N–H and O–H groups in total. The van der Waals surface area contributed by atoms with Crippen molar-refractivity contribution < 1.29 is 23.4 Å². The number of hydrogen-bond donors (Lipinski definition) is 0. The molecule has 1 fully saturated rings. The molecule has 5 nitrogen and oxygen atoms in total. The van der Waals surface area contributed by atoms with Crippen LogP contribution in [0.25, 0.3) is 0 Å². The van der Waals surface area contributed by atoms with Crippen LogP contribution in [-0.2, 0) is 10.3 Å². The third-order valence-electron chi connectivity index (χ3n) is 3.69. The van der Waals surface area contributed by atoms with Crippen LogP contribution in [0.2, 0.25) is 0 Å². The molecule has 1 aliphatic heterocycles. The molecule has 1 aliphatic carbocycles. The van der Waals surface area contributed by atoms with Gasteiger partial charge in [-0.25, -0.2) is 9.18 Å². The summed E-state index contributed by atoms with van der Waals surface area (Å²) >= 11 is 0. The Labute approximate surface area is 109 Å². The Bertz CT molecular complexity index is 576. The van der Waals surface area contributed by atoms with E-state index < -0.39 is 11.4 Å². The van der Waals surface area contributed by atoms with E-state index in [0.717, 1.165) is 6.42 Å². The summed E-state index contributed by atoms with van der Waals surface area (Å²) in [5.74, 6) is 0.245. The SMILES string of the molecule is COc1cc2c(c(C3(N=C=O)CCC3)c1F)OCO2. The summed E-state index contributed by atoms with van der Waals surface area (Å²) in [7, 11) is 1.38. The van der Waals surface area contributed by atoms with E-state index in [-0.39, 0.29) is 18.1 Å². The highest BCUT2D eigenvalue weighted by atomic mass is 19.1. The molecule has 6 heteroatoms. The zero-order chi connectivity index (χ0) is 13.5. The molecule has 0 unspecified atom stereocenters. The molecule has 1 aromatic rings. The number of halogens is 1. The normalized spacial score (nSPS) is 18.4. The van der Waals surface area contributed by atoms with Crippen LogP contribution in [0.15, 0.2) is 11.1 Å². The first-order chi connectivity index (χ1) is 9.22. The maximum atomic E-state index is 14.5. The molecular weight excluding hydrogens is 253 g/mol. The van der Waals surface area contributed by atoms with Crippen LogP contribution in [0.4, 0.5) is 4.39 Å². The molecule has 0 saturated heterocycles. The Balaban J connectivity index is 2.24. The van der Waals surface area contributed by atoms with Crippen molar-refractivity contribution in [2.24, 2.45) is 4.99 Å². The third-order valence-corrected chi connectivity index (χ3v) is 3.69. The monoisotopic (exact) mass is 265 g/mol. The number of rotatable bonds is 3. The Kier molecular flexibility index (Phi) is 2.68. The molecule has 0 aromatic heterocycles. The van der Waals surface area contributed by atoms with Crippen molar-refractivity contribution in [1.82, 2.24) is 0 Å². The van der Waals surface area contributed by atoms with Gasteiger partial charge in [-0.1, -0.05) is 0 Å². The predicted molar refractivity (Wildman–Crippen MR) is 62.7 cm³/mol. The molecular formula is C13H12FNO4. The van der Waals surface area contributed by atoms with E-state index in [1.54, 1.807) is 0 Å². The second-order valence-electron chi connectivity index (χ2n) is 4.59. The molecule has 1 saturated carbocycles. The number of isocyanates is 1. The number of ether oxygens (including phenoxy) is 3. The largest absolute Gasteiger partial charge is 0.494 e. The highest BCUT2D eigenvalue weighted by Gasteiger charge is 2.46. The lowest BCUT2D eigenvalue weighted by molar-refractivity contribution is 0.168. The summed E-state index contributed by atoms with van der Waals surface area (Å²) in [5, 5.41) is 0. The van der Waals surface area contributed by atoms with Gasteiger partial charge in [-0.3, -0.25) is 0 Å². The van der Waals surface area contributed by atoms with Gasteiger partial charge in [-0.05, 0) is 19.3 Å². The molecule has 0 radical (unpaired) electrons. The van der Waals surface area contributed by atoms with Gasteiger partial charge >= 0.3 is 0 Å². The summed E-state index contributed by atoms with van der Waals surface area (Å²) in [5.41, 5.74) is -0.646. The lowest BCUT2D eigenvalue weighted by Gasteiger charge is -2.37. The molecule has 100 valence electrons. The van der Waals surface area contributed by atoms with Gasteiger partial charge in [0.25, 0.3) is 0 Å². The first-order valence-corrected chi connectivity index (χ1v) is 5.97. The van der Waals surface area contributed by atoms with Crippen LogP contribution in [0.3, 0.4) is 0 Å². The second-order valence-corrected chi connectivity index (χ2v) is 4.59. The standard InChI is InChI=1S/C13H12FNO4/c1-17-8-5-9-12(19-7-18-9)10(11(8)14)13(15-6-16)3-2-4-13/h5H,2-4,7H2,1H3. The van der Waals surface area contributed by atoms with E-state index in [2.05, 4.69) is 4.99 Å². The maximum absolute atomic E-state index is 14.5. The van der Waals surface area contributed by atoms with Crippen molar-refractivity contribution in [3.63, 3.8) is 0 Å². The lowest BCUT2D eigenvalue weighted by Crippen LogP contribution is -2.33. The van der Waals surface area contributed by atoms with Crippen LogP contribution in [0.1, 0.15) is 24.8 Å². The van der Waals surface area contributed by atoms with Gasteiger partial charge in [0.1, 0.15) is 5.54 Å². The van der Waals surface area contributed by atoms with Crippen LogP contribution >= 0.6 is 0 Å². The first kappa shape index (κ1) is 12.0. The van der Waals surface area contributed by atoms with Gasteiger partial charge in [0.05, 0.1) is 12.7 Å². The number of aliphatic imine (C=N–C) groups is 1. The molecule has 3 rings (SSSR count). The number of hydrogen-bond acceptors (Lipinski definition) is 5. The highest BCUT2D eigenvalue weighted by Crippen LogP contribution is 2.54. The summed E-state index contributed by atoms with van der Waals surface area (Å²) in [6, 6.07) is 1.44. The van der Waals surface area contributed by atoms with E-state index in [1.807, 2.05) is 0 Å². The smallest absolute Gasteiger partial charge is 0.235 e. The maximum Gasteiger partial charge on any atom is 0.235 e. The minimum atomic E-state index is -0.891. The van der Waals surface area contributed by atoms with Gasteiger partial charge in [0, 0.05) is 6.07 Å².